The second-order valence-corrected chi connectivity index (χ2v) is 34.4. The van der Waals surface area contributed by atoms with Crippen LogP contribution >= 0.6 is 0 Å². The third-order valence-corrected chi connectivity index (χ3v) is 22.7. The highest BCUT2D eigenvalue weighted by atomic mass is 15.2. The van der Waals surface area contributed by atoms with Gasteiger partial charge in [-0.3, -0.25) is 0 Å². The summed E-state index contributed by atoms with van der Waals surface area (Å²) in [6, 6.07) is 79.8. The molecule has 0 aromatic heterocycles. The molecule has 10 aromatic rings. The zero-order valence-electron chi connectivity index (χ0n) is 59.6. The van der Waals surface area contributed by atoms with Crippen molar-refractivity contribution < 1.29 is 0 Å². The van der Waals surface area contributed by atoms with Gasteiger partial charge in [-0.25, -0.2) is 0 Å². The van der Waals surface area contributed by atoms with Gasteiger partial charge in [-0.1, -0.05) is 296 Å². The number of nitrogens with zero attached hydrogens (tertiary/aromatic N) is 2. The Balaban J connectivity index is 1.13. The van der Waals surface area contributed by atoms with Crippen molar-refractivity contribution in [2.75, 3.05) is 9.80 Å². The first kappa shape index (κ1) is 62.3. The van der Waals surface area contributed by atoms with E-state index in [9.17, 15) is 0 Å². The van der Waals surface area contributed by atoms with E-state index in [2.05, 4.69) is 355 Å². The summed E-state index contributed by atoms with van der Waals surface area (Å²) < 4.78 is 0. The molecule has 0 amide bonds. The minimum atomic E-state index is -0.284. The van der Waals surface area contributed by atoms with Crippen LogP contribution in [0.2, 0.25) is 0 Å². The van der Waals surface area contributed by atoms with Crippen molar-refractivity contribution >= 4 is 57.2 Å². The molecule has 93 heavy (non-hydrogen) atoms. The fraction of sp³-hybridized carbons (Fsp3) is 0.333. The normalized spacial score (nSPS) is 16.4. The van der Waals surface area contributed by atoms with Gasteiger partial charge in [0.2, 0.25) is 0 Å². The molecular formula is C90H97BN2. The van der Waals surface area contributed by atoms with Gasteiger partial charge >= 0.3 is 0 Å². The average Bonchev–Trinajstić information content (AvgIpc) is 0.684. The lowest BCUT2D eigenvalue weighted by molar-refractivity contribution is 0.520. The van der Waals surface area contributed by atoms with Gasteiger partial charge in [0.1, 0.15) is 0 Å². The number of benzene rings is 10. The zero-order valence-corrected chi connectivity index (χ0v) is 59.6. The fourth-order valence-corrected chi connectivity index (χ4v) is 16.9. The Morgan fingerprint density at radius 3 is 1.15 bits per heavy atom. The van der Waals surface area contributed by atoms with Gasteiger partial charge < -0.3 is 9.80 Å². The third kappa shape index (κ3) is 9.77. The largest absolute Gasteiger partial charge is 0.311 e. The number of aryl methyl sites for hydroxylation is 1. The van der Waals surface area contributed by atoms with Gasteiger partial charge in [-0.2, -0.15) is 0 Å². The zero-order chi connectivity index (χ0) is 66.2. The highest BCUT2D eigenvalue weighted by molar-refractivity contribution is 7.00. The maximum absolute atomic E-state index is 2.76. The first-order chi connectivity index (χ1) is 43.6. The molecule has 0 unspecified atom stereocenters. The van der Waals surface area contributed by atoms with E-state index in [0.717, 1.165) is 0 Å². The van der Waals surface area contributed by atoms with Crippen LogP contribution in [0, 0.1) is 6.92 Å². The van der Waals surface area contributed by atoms with Crippen LogP contribution in [0.1, 0.15) is 233 Å². The van der Waals surface area contributed by atoms with E-state index in [0.29, 0.717) is 0 Å². The lowest BCUT2D eigenvalue weighted by Gasteiger charge is -2.49. The minimum Gasteiger partial charge on any atom is -0.311 e. The number of hydrogen-bond donors (Lipinski definition) is 0. The van der Waals surface area contributed by atoms with E-state index in [4.69, 9.17) is 0 Å². The number of hydrogen-bond acceptors (Lipinski definition) is 2. The standard InChI is InChI=1S/C90H97BN2/c1-55-47-69-71(89(18,19)67-33-27-25-31-65(67)87(69,14)15)53-76(55)93-77-48-59(81(57-35-40-60(41-36-57)83(2,3)4)58-37-42-61(43-38-58)84(5,6)7)39-45-73(77)91-74-52-70-72(90(20,21)68-34-28-26-32-66(68)88(70,16)17)54-78(74)92(79-50-63(86(11,12)13)51-80(93)82(79)91)75-46-44-62(85(8,9)10)49-64(75)56-29-23-22-24-30-56/h22-54,81H,1-21H3. The van der Waals surface area contributed by atoms with Crippen LogP contribution in [0.4, 0.5) is 34.1 Å². The average molecular weight is 1220 g/mol. The molecule has 2 heterocycles. The quantitative estimate of drug-likeness (QED) is 0.121. The van der Waals surface area contributed by atoms with Crippen molar-refractivity contribution in [3.8, 4) is 11.1 Å². The highest BCUT2D eigenvalue weighted by Crippen LogP contribution is 2.57. The van der Waals surface area contributed by atoms with Crippen LogP contribution in [-0.4, -0.2) is 6.71 Å². The summed E-state index contributed by atoms with van der Waals surface area (Å²) in [6.45, 7) is 50.2. The van der Waals surface area contributed by atoms with E-state index in [1.54, 1.807) is 0 Å². The maximum atomic E-state index is 2.76. The van der Waals surface area contributed by atoms with Gasteiger partial charge in [-0.05, 0) is 182 Å². The molecule has 2 aliphatic heterocycles. The summed E-state index contributed by atoms with van der Waals surface area (Å²) in [5, 5.41) is 0. The minimum absolute atomic E-state index is 0.0178. The molecule has 0 radical (unpaired) electrons. The second-order valence-electron chi connectivity index (χ2n) is 34.4. The summed E-state index contributed by atoms with van der Waals surface area (Å²) >= 11 is 0. The number of anilines is 6. The molecule has 0 bridgehead atoms. The van der Waals surface area contributed by atoms with Gasteiger partial charge in [-0.15, -0.1) is 0 Å². The van der Waals surface area contributed by atoms with Crippen LogP contribution in [0.3, 0.4) is 0 Å². The van der Waals surface area contributed by atoms with Crippen molar-refractivity contribution in [2.24, 2.45) is 0 Å². The van der Waals surface area contributed by atoms with Gasteiger partial charge in [0.05, 0.1) is 5.69 Å². The van der Waals surface area contributed by atoms with Crippen molar-refractivity contribution in [3.63, 3.8) is 0 Å². The smallest absolute Gasteiger partial charge is 0.252 e. The molecule has 2 aliphatic carbocycles. The van der Waals surface area contributed by atoms with E-state index in [-0.39, 0.29) is 56.0 Å². The van der Waals surface area contributed by atoms with Crippen molar-refractivity contribution in [2.45, 2.75) is 195 Å². The molecule has 14 rings (SSSR count). The van der Waals surface area contributed by atoms with Crippen LogP contribution in [0.15, 0.2) is 200 Å². The Morgan fingerprint density at radius 1 is 0.301 bits per heavy atom. The predicted molar refractivity (Wildman–Crippen MR) is 401 cm³/mol. The first-order valence-corrected chi connectivity index (χ1v) is 34.5. The van der Waals surface area contributed by atoms with Crippen molar-refractivity contribution in [1.29, 1.82) is 0 Å². The third-order valence-electron chi connectivity index (χ3n) is 22.7. The van der Waals surface area contributed by atoms with E-state index in [1.807, 2.05) is 0 Å². The lowest BCUT2D eigenvalue weighted by Crippen LogP contribution is -2.62. The monoisotopic (exact) mass is 1220 g/mol. The van der Waals surface area contributed by atoms with E-state index in [1.165, 1.54) is 151 Å². The summed E-state index contributed by atoms with van der Waals surface area (Å²) in [7, 11) is 0. The van der Waals surface area contributed by atoms with Crippen LogP contribution in [0.5, 0.6) is 0 Å². The van der Waals surface area contributed by atoms with Crippen LogP contribution < -0.4 is 26.2 Å². The fourth-order valence-electron chi connectivity index (χ4n) is 16.9. The number of fused-ring (bicyclic) bond motifs is 8. The summed E-state index contributed by atoms with van der Waals surface area (Å²) in [5.41, 5.74) is 34.2. The van der Waals surface area contributed by atoms with Gasteiger partial charge in [0, 0.05) is 61.6 Å². The topological polar surface area (TPSA) is 6.48 Å². The Bertz CT molecular complexity index is 4600. The summed E-state index contributed by atoms with van der Waals surface area (Å²) in [5.74, 6) is -0.0457. The molecule has 470 valence electrons. The first-order valence-electron chi connectivity index (χ1n) is 34.5. The van der Waals surface area contributed by atoms with Crippen molar-refractivity contribution in [1.82, 2.24) is 0 Å². The maximum Gasteiger partial charge on any atom is 0.252 e. The van der Waals surface area contributed by atoms with E-state index < -0.39 is 0 Å². The Kier molecular flexibility index (Phi) is 14.0. The molecule has 4 aliphatic rings. The lowest BCUT2D eigenvalue weighted by atomic mass is 9.33. The number of rotatable bonds is 6. The Morgan fingerprint density at radius 2 is 0.688 bits per heavy atom. The molecule has 0 saturated heterocycles. The van der Waals surface area contributed by atoms with Gasteiger partial charge in [0.25, 0.3) is 6.71 Å². The molecule has 2 nitrogen and oxygen atoms in total. The molecule has 0 saturated carbocycles. The van der Waals surface area contributed by atoms with Gasteiger partial charge in [0.15, 0.2) is 0 Å². The molecule has 0 spiro atoms. The van der Waals surface area contributed by atoms with Crippen LogP contribution in [0.25, 0.3) is 11.1 Å². The molecular weight excluding hydrogens is 1120 g/mol. The second kappa shape index (κ2) is 20.9. The van der Waals surface area contributed by atoms with Crippen molar-refractivity contribution in [3.05, 3.63) is 289 Å². The molecule has 10 aromatic carbocycles. The Labute approximate surface area is 558 Å². The summed E-state index contributed by atoms with van der Waals surface area (Å²) in [6.07, 6.45) is 0. The SMILES string of the molecule is Cc1cc2c(cc1N1c3cc(C(c4ccc(C(C)(C)C)cc4)c4ccc(C(C)(C)C)cc4)ccc3B3c4cc5c(cc4N(c4ccc(C(C)(C)C)cc4-c4ccccc4)c4cc(C(C)(C)C)cc1c43)C(C)(C)c1ccccc1C5(C)C)C(C)(C)c1ccccc1C2(C)C. The molecule has 0 fully saturated rings. The van der Waals surface area contributed by atoms with Crippen LogP contribution in [-0.2, 0) is 43.3 Å². The molecule has 0 N–H and O–H groups in total. The summed E-state index contributed by atoms with van der Waals surface area (Å²) in [4.78, 5) is 5.49. The molecule has 0 atom stereocenters. The Hall–Kier alpha value is -8.14. The van der Waals surface area contributed by atoms with E-state index >= 15 is 0 Å². The molecule has 3 heteroatoms. The highest BCUT2D eigenvalue weighted by Gasteiger charge is 2.50. The predicted octanol–water partition coefficient (Wildman–Crippen LogP) is 22.0.